The zero-order valence-electron chi connectivity index (χ0n) is 15.2. The van der Waals surface area contributed by atoms with Gasteiger partial charge in [0.05, 0.1) is 4.88 Å². The Balaban J connectivity index is 1.27. The van der Waals surface area contributed by atoms with Crippen molar-refractivity contribution in [3.63, 3.8) is 0 Å². The Kier molecular flexibility index (Phi) is 4.70. The molecule has 0 aliphatic carbocycles. The fourth-order valence-electron chi connectivity index (χ4n) is 3.75. The molecule has 5 nitrogen and oxygen atoms in total. The van der Waals surface area contributed by atoms with Crippen LogP contribution in [-0.2, 0) is 6.42 Å². The third-order valence-electron chi connectivity index (χ3n) is 5.15. The zero-order valence-corrected chi connectivity index (χ0v) is 16.8. The Morgan fingerprint density at radius 3 is 3.07 bits per heavy atom. The lowest BCUT2D eigenvalue weighted by Gasteiger charge is -2.31. The number of thiophene rings is 2. The van der Waals surface area contributed by atoms with Crippen molar-refractivity contribution in [1.82, 2.24) is 15.0 Å². The smallest absolute Gasteiger partial charge is 0.263 e. The number of hydrogen-bond acceptors (Lipinski definition) is 6. The first kappa shape index (κ1) is 17.6. The number of piperidine rings is 1. The van der Waals surface area contributed by atoms with Gasteiger partial charge in [0.15, 0.2) is 0 Å². The van der Waals surface area contributed by atoms with E-state index in [0.29, 0.717) is 24.1 Å². The molecule has 1 aliphatic heterocycles. The van der Waals surface area contributed by atoms with Gasteiger partial charge >= 0.3 is 0 Å². The normalized spacial score (nSPS) is 17.3. The summed E-state index contributed by atoms with van der Waals surface area (Å²) in [4.78, 5) is 20.3. The second-order valence-corrected chi connectivity index (χ2v) is 9.00. The van der Waals surface area contributed by atoms with Crippen LogP contribution < -0.4 is 0 Å². The van der Waals surface area contributed by atoms with Gasteiger partial charge in [-0.2, -0.15) is 16.3 Å². The molecule has 7 heteroatoms. The second kappa shape index (κ2) is 7.48. The van der Waals surface area contributed by atoms with Gasteiger partial charge in [0.2, 0.25) is 11.7 Å². The van der Waals surface area contributed by atoms with Crippen molar-refractivity contribution in [1.29, 1.82) is 0 Å². The van der Waals surface area contributed by atoms with E-state index in [-0.39, 0.29) is 5.91 Å². The van der Waals surface area contributed by atoms with Crippen LogP contribution in [0.15, 0.2) is 51.7 Å². The molecule has 1 saturated heterocycles. The van der Waals surface area contributed by atoms with Crippen molar-refractivity contribution in [2.75, 3.05) is 13.1 Å². The van der Waals surface area contributed by atoms with E-state index in [2.05, 4.69) is 22.3 Å². The van der Waals surface area contributed by atoms with E-state index in [1.54, 1.807) is 22.7 Å². The van der Waals surface area contributed by atoms with E-state index < -0.39 is 0 Å². The summed E-state index contributed by atoms with van der Waals surface area (Å²) < 4.78 is 6.61. The van der Waals surface area contributed by atoms with Crippen LogP contribution in [0.3, 0.4) is 0 Å². The van der Waals surface area contributed by atoms with E-state index in [0.717, 1.165) is 46.5 Å². The maximum Gasteiger partial charge on any atom is 0.263 e. The molecule has 1 aliphatic rings. The average Bonchev–Trinajstić information content (AvgIpc) is 3.47. The van der Waals surface area contributed by atoms with Gasteiger partial charge in [0.25, 0.3) is 5.91 Å². The highest BCUT2D eigenvalue weighted by Gasteiger charge is 2.27. The number of benzene rings is 1. The largest absolute Gasteiger partial charge is 0.339 e. The first-order valence-electron chi connectivity index (χ1n) is 9.39. The zero-order chi connectivity index (χ0) is 18.9. The first-order chi connectivity index (χ1) is 13.8. The SMILES string of the molecule is O=C(c1cc2ccccc2s1)N1CCC[C@H](Cc2nc(-c3ccsc3)no2)C1. The Bertz CT molecular complexity index is 1070. The van der Waals surface area contributed by atoms with E-state index in [1.807, 2.05) is 39.9 Å². The minimum Gasteiger partial charge on any atom is -0.339 e. The summed E-state index contributed by atoms with van der Waals surface area (Å²) in [6.07, 6.45) is 2.80. The molecule has 0 N–H and O–H groups in total. The van der Waals surface area contributed by atoms with Crippen LogP contribution in [0.5, 0.6) is 0 Å². The number of carbonyl (C=O) groups excluding carboxylic acids is 1. The molecule has 5 rings (SSSR count). The van der Waals surface area contributed by atoms with Gasteiger partial charge in [-0.05, 0) is 47.7 Å². The fraction of sp³-hybridized carbons (Fsp3) is 0.286. The molecule has 1 fully saturated rings. The van der Waals surface area contributed by atoms with Crippen molar-refractivity contribution in [2.45, 2.75) is 19.3 Å². The Morgan fingerprint density at radius 1 is 1.29 bits per heavy atom. The molecule has 4 aromatic rings. The summed E-state index contributed by atoms with van der Waals surface area (Å²) in [5, 5.41) is 9.25. The maximum atomic E-state index is 13.0. The molecule has 1 aromatic carbocycles. The maximum absolute atomic E-state index is 13.0. The van der Waals surface area contributed by atoms with Crippen LogP contribution >= 0.6 is 22.7 Å². The number of rotatable bonds is 4. The average molecular weight is 410 g/mol. The Morgan fingerprint density at radius 2 is 2.21 bits per heavy atom. The summed E-state index contributed by atoms with van der Waals surface area (Å²) in [5.41, 5.74) is 0.991. The summed E-state index contributed by atoms with van der Waals surface area (Å²) in [5.74, 6) is 1.78. The van der Waals surface area contributed by atoms with E-state index in [9.17, 15) is 4.79 Å². The number of aromatic nitrogens is 2. The minimum atomic E-state index is 0.135. The molecule has 0 radical (unpaired) electrons. The van der Waals surface area contributed by atoms with Gasteiger partial charge in [0, 0.05) is 35.2 Å². The van der Waals surface area contributed by atoms with Crippen LogP contribution in [0.2, 0.25) is 0 Å². The third kappa shape index (κ3) is 3.47. The molecule has 3 aromatic heterocycles. The van der Waals surface area contributed by atoms with Gasteiger partial charge in [-0.1, -0.05) is 23.4 Å². The number of likely N-dealkylation sites (tertiary alicyclic amines) is 1. The minimum absolute atomic E-state index is 0.135. The molecular weight excluding hydrogens is 390 g/mol. The second-order valence-electron chi connectivity index (χ2n) is 7.14. The highest BCUT2D eigenvalue weighted by atomic mass is 32.1. The number of nitrogens with zero attached hydrogens (tertiary/aromatic N) is 3. The van der Waals surface area contributed by atoms with E-state index in [4.69, 9.17) is 4.52 Å². The standard InChI is InChI=1S/C21H19N3O2S2/c25-21(18-11-15-5-1-2-6-17(15)28-18)24-8-3-4-14(12-24)10-19-22-20(23-26-19)16-7-9-27-13-16/h1-2,5-7,9,11,13-14H,3-4,8,10,12H2/t14-/m1/s1. The molecule has 0 spiro atoms. The van der Waals surface area contributed by atoms with E-state index in [1.165, 1.54) is 0 Å². The monoisotopic (exact) mass is 409 g/mol. The quantitative estimate of drug-likeness (QED) is 0.470. The molecule has 0 bridgehead atoms. The van der Waals surface area contributed by atoms with Gasteiger partial charge in [0.1, 0.15) is 0 Å². The molecule has 1 atom stereocenters. The van der Waals surface area contributed by atoms with Crippen LogP contribution in [0.1, 0.15) is 28.4 Å². The number of fused-ring (bicyclic) bond motifs is 1. The predicted molar refractivity (Wildman–Crippen MR) is 112 cm³/mol. The fourth-order valence-corrected chi connectivity index (χ4v) is 5.42. The number of carbonyl (C=O) groups is 1. The molecule has 142 valence electrons. The van der Waals surface area contributed by atoms with Gasteiger partial charge < -0.3 is 9.42 Å². The molecule has 0 unspecified atom stereocenters. The number of amides is 1. The predicted octanol–water partition coefficient (Wildman–Crippen LogP) is 5.11. The van der Waals surface area contributed by atoms with Gasteiger partial charge in [-0.15, -0.1) is 11.3 Å². The van der Waals surface area contributed by atoms with Crippen molar-refractivity contribution in [3.8, 4) is 11.4 Å². The van der Waals surface area contributed by atoms with Crippen molar-refractivity contribution < 1.29 is 9.32 Å². The Hall–Kier alpha value is -2.51. The summed E-state index contributed by atoms with van der Waals surface area (Å²) >= 11 is 3.19. The lowest BCUT2D eigenvalue weighted by atomic mass is 9.94. The van der Waals surface area contributed by atoms with Crippen molar-refractivity contribution in [3.05, 3.63) is 57.9 Å². The van der Waals surface area contributed by atoms with E-state index >= 15 is 0 Å². The van der Waals surface area contributed by atoms with Crippen LogP contribution in [-0.4, -0.2) is 34.0 Å². The van der Waals surface area contributed by atoms with Crippen LogP contribution in [0.25, 0.3) is 21.5 Å². The Labute approximate surface area is 170 Å². The van der Waals surface area contributed by atoms with Gasteiger partial charge in [-0.3, -0.25) is 4.79 Å². The topological polar surface area (TPSA) is 59.2 Å². The molecule has 28 heavy (non-hydrogen) atoms. The van der Waals surface area contributed by atoms with Gasteiger partial charge in [-0.25, -0.2) is 0 Å². The molecule has 1 amide bonds. The van der Waals surface area contributed by atoms with Crippen molar-refractivity contribution >= 4 is 38.7 Å². The lowest BCUT2D eigenvalue weighted by molar-refractivity contribution is 0.0673. The highest BCUT2D eigenvalue weighted by Crippen LogP contribution is 2.29. The third-order valence-corrected chi connectivity index (χ3v) is 6.94. The number of hydrogen-bond donors (Lipinski definition) is 0. The summed E-state index contributed by atoms with van der Waals surface area (Å²) in [6.45, 7) is 1.55. The highest BCUT2D eigenvalue weighted by molar-refractivity contribution is 7.20. The van der Waals surface area contributed by atoms with Crippen LogP contribution in [0.4, 0.5) is 0 Å². The lowest BCUT2D eigenvalue weighted by Crippen LogP contribution is -2.40. The van der Waals surface area contributed by atoms with Crippen molar-refractivity contribution in [2.24, 2.45) is 5.92 Å². The van der Waals surface area contributed by atoms with Crippen LogP contribution in [0, 0.1) is 5.92 Å². The first-order valence-corrected chi connectivity index (χ1v) is 11.2. The molecule has 0 saturated carbocycles. The summed E-state index contributed by atoms with van der Waals surface area (Å²) in [7, 11) is 0. The summed E-state index contributed by atoms with van der Waals surface area (Å²) in [6, 6.07) is 12.1. The molecular formula is C21H19N3O2S2. The molecule has 4 heterocycles.